The molecule has 0 atom stereocenters. The van der Waals surface area contributed by atoms with Gasteiger partial charge in [0.15, 0.2) is 0 Å². The number of benzene rings is 1. The average Bonchev–Trinajstić information content (AvgIpc) is 3.35. The first-order valence-corrected chi connectivity index (χ1v) is 11.6. The molecule has 156 valence electrons. The standard InChI is InChI=1S/C23H21N5O2S/c29-31(30,28-11-1-2-12-28)27-20-13-19(15-25-16-20)18-3-4-23-22(14-18)21(7-10-26-23)17-5-8-24-9-6-17/h3-10,13-16,27H,1-2,11-12H2. The molecule has 31 heavy (non-hydrogen) atoms. The lowest BCUT2D eigenvalue weighted by molar-refractivity contribution is 0.482. The fourth-order valence-electron chi connectivity index (χ4n) is 3.90. The summed E-state index contributed by atoms with van der Waals surface area (Å²) in [5.41, 5.74) is 5.22. The Morgan fingerprint density at radius 1 is 0.806 bits per heavy atom. The van der Waals surface area contributed by atoms with Gasteiger partial charge in [-0.15, -0.1) is 0 Å². The highest BCUT2D eigenvalue weighted by molar-refractivity contribution is 7.90. The summed E-state index contributed by atoms with van der Waals surface area (Å²) in [7, 11) is -3.56. The Balaban J connectivity index is 1.52. The Hall–Kier alpha value is -3.36. The number of hydrogen-bond acceptors (Lipinski definition) is 5. The Labute approximate surface area is 181 Å². The lowest BCUT2D eigenvalue weighted by Gasteiger charge is -2.17. The first-order valence-electron chi connectivity index (χ1n) is 10.1. The van der Waals surface area contributed by atoms with Crippen molar-refractivity contribution in [3.63, 3.8) is 0 Å². The minimum Gasteiger partial charge on any atom is -0.269 e. The van der Waals surface area contributed by atoms with E-state index in [1.807, 2.05) is 36.4 Å². The minimum atomic E-state index is -3.56. The van der Waals surface area contributed by atoms with Crippen molar-refractivity contribution >= 4 is 26.8 Å². The van der Waals surface area contributed by atoms with Crippen molar-refractivity contribution in [2.75, 3.05) is 17.8 Å². The fourth-order valence-corrected chi connectivity index (χ4v) is 5.18. The minimum absolute atomic E-state index is 0.449. The Morgan fingerprint density at radius 3 is 2.42 bits per heavy atom. The molecule has 0 aliphatic carbocycles. The second-order valence-electron chi connectivity index (χ2n) is 7.50. The van der Waals surface area contributed by atoms with Crippen LogP contribution < -0.4 is 4.72 Å². The van der Waals surface area contributed by atoms with Crippen LogP contribution >= 0.6 is 0 Å². The molecule has 4 heterocycles. The van der Waals surface area contributed by atoms with Gasteiger partial charge in [-0.25, -0.2) is 0 Å². The first kappa shape index (κ1) is 19.6. The van der Waals surface area contributed by atoms with Crippen molar-refractivity contribution in [3.8, 4) is 22.3 Å². The van der Waals surface area contributed by atoms with Crippen molar-refractivity contribution in [3.05, 3.63) is 73.4 Å². The van der Waals surface area contributed by atoms with Gasteiger partial charge in [-0.1, -0.05) is 6.07 Å². The third kappa shape index (κ3) is 3.99. The average molecular weight is 432 g/mol. The van der Waals surface area contributed by atoms with Crippen LogP contribution in [0.25, 0.3) is 33.2 Å². The summed E-state index contributed by atoms with van der Waals surface area (Å²) in [5.74, 6) is 0. The van der Waals surface area contributed by atoms with Gasteiger partial charge in [0.2, 0.25) is 0 Å². The smallest absolute Gasteiger partial charge is 0.269 e. The highest BCUT2D eigenvalue weighted by atomic mass is 32.2. The fraction of sp³-hybridized carbons (Fsp3) is 0.174. The van der Waals surface area contributed by atoms with Gasteiger partial charge in [-0.3, -0.25) is 19.7 Å². The molecular weight excluding hydrogens is 410 g/mol. The number of pyridine rings is 3. The molecule has 0 radical (unpaired) electrons. The van der Waals surface area contributed by atoms with Crippen molar-refractivity contribution in [2.24, 2.45) is 0 Å². The van der Waals surface area contributed by atoms with E-state index in [4.69, 9.17) is 0 Å². The van der Waals surface area contributed by atoms with Gasteiger partial charge in [0.1, 0.15) is 0 Å². The molecule has 0 bridgehead atoms. The van der Waals surface area contributed by atoms with E-state index >= 15 is 0 Å². The second kappa shape index (κ2) is 8.05. The normalized spacial score (nSPS) is 14.7. The molecule has 1 fully saturated rings. The quantitative estimate of drug-likeness (QED) is 0.514. The van der Waals surface area contributed by atoms with Crippen LogP contribution in [0.2, 0.25) is 0 Å². The van der Waals surface area contributed by atoms with Gasteiger partial charge >= 0.3 is 10.2 Å². The molecule has 4 aromatic rings. The van der Waals surface area contributed by atoms with Crippen LogP contribution in [0.1, 0.15) is 12.8 Å². The molecule has 5 rings (SSSR count). The maximum Gasteiger partial charge on any atom is 0.301 e. The van der Waals surface area contributed by atoms with E-state index in [9.17, 15) is 8.42 Å². The second-order valence-corrected chi connectivity index (χ2v) is 9.17. The topological polar surface area (TPSA) is 88.1 Å². The summed E-state index contributed by atoms with van der Waals surface area (Å²) >= 11 is 0. The van der Waals surface area contributed by atoms with Crippen LogP contribution in [0.4, 0.5) is 5.69 Å². The van der Waals surface area contributed by atoms with Crippen LogP contribution in [0.15, 0.2) is 73.4 Å². The number of aromatic nitrogens is 3. The van der Waals surface area contributed by atoms with Crippen molar-refractivity contribution in [1.29, 1.82) is 0 Å². The number of nitrogens with zero attached hydrogens (tertiary/aromatic N) is 4. The first-order chi connectivity index (χ1) is 15.1. The zero-order chi connectivity index (χ0) is 21.3. The summed E-state index contributed by atoms with van der Waals surface area (Å²) in [6.07, 6.45) is 10.4. The maximum absolute atomic E-state index is 12.6. The van der Waals surface area contributed by atoms with E-state index in [0.29, 0.717) is 18.8 Å². The number of nitrogens with one attached hydrogen (secondary N) is 1. The van der Waals surface area contributed by atoms with E-state index in [-0.39, 0.29) is 0 Å². The van der Waals surface area contributed by atoms with Crippen LogP contribution in [-0.2, 0) is 10.2 Å². The summed E-state index contributed by atoms with van der Waals surface area (Å²) in [6, 6.07) is 13.7. The van der Waals surface area contributed by atoms with Gasteiger partial charge in [0, 0.05) is 48.8 Å². The van der Waals surface area contributed by atoms with Gasteiger partial charge < -0.3 is 0 Å². The lowest BCUT2D eigenvalue weighted by Crippen LogP contribution is -2.33. The molecular formula is C23H21N5O2S. The predicted octanol–water partition coefficient (Wildman–Crippen LogP) is 4.11. The van der Waals surface area contributed by atoms with E-state index < -0.39 is 10.2 Å². The highest BCUT2D eigenvalue weighted by Crippen LogP contribution is 2.31. The largest absolute Gasteiger partial charge is 0.301 e. The third-order valence-corrected chi connectivity index (χ3v) is 6.99. The van der Waals surface area contributed by atoms with E-state index in [1.165, 1.54) is 10.5 Å². The SMILES string of the molecule is O=S(=O)(Nc1cncc(-c2ccc3nccc(-c4ccncc4)c3c2)c1)N1CCCC1. The predicted molar refractivity (Wildman–Crippen MR) is 122 cm³/mol. The van der Waals surface area contributed by atoms with E-state index in [0.717, 1.165) is 46.0 Å². The molecule has 1 aliphatic rings. The van der Waals surface area contributed by atoms with Gasteiger partial charge in [-0.2, -0.15) is 12.7 Å². The summed E-state index contributed by atoms with van der Waals surface area (Å²) in [5, 5.41) is 1.01. The highest BCUT2D eigenvalue weighted by Gasteiger charge is 2.25. The lowest BCUT2D eigenvalue weighted by atomic mass is 9.98. The zero-order valence-electron chi connectivity index (χ0n) is 16.8. The van der Waals surface area contributed by atoms with E-state index in [2.05, 4.69) is 25.7 Å². The number of hydrogen-bond donors (Lipinski definition) is 1. The van der Waals surface area contributed by atoms with Crippen LogP contribution in [0.5, 0.6) is 0 Å². The maximum atomic E-state index is 12.6. The Morgan fingerprint density at radius 2 is 1.61 bits per heavy atom. The molecule has 1 aliphatic heterocycles. The molecule has 0 saturated carbocycles. The molecule has 1 aromatic carbocycles. The Bertz CT molecular complexity index is 1340. The summed E-state index contributed by atoms with van der Waals surface area (Å²) in [6.45, 7) is 1.11. The van der Waals surface area contributed by atoms with Gasteiger partial charge in [0.25, 0.3) is 0 Å². The Kier molecular flexibility index (Phi) is 5.09. The molecule has 1 saturated heterocycles. The van der Waals surface area contributed by atoms with Gasteiger partial charge in [-0.05, 0) is 65.9 Å². The summed E-state index contributed by atoms with van der Waals surface area (Å²) < 4.78 is 29.3. The van der Waals surface area contributed by atoms with E-state index in [1.54, 1.807) is 24.8 Å². The van der Waals surface area contributed by atoms with Crippen molar-refractivity contribution < 1.29 is 8.42 Å². The summed E-state index contributed by atoms with van der Waals surface area (Å²) in [4.78, 5) is 12.8. The molecule has 0 amide bonds. The monoisotopic (exact) mass is 431 g/mol. The zero-order valence-corrected chi connectivity index (χ0v) is 17.6. The third-order valence-electron chi connectivity index (χ3n) is 5.46. The van der Waals surface area contributed by atoms with Gasteiger partial charge in [0.05, 0.1) is 17.4 Å². The van der Waals surface area contributed by atoms with Crippen LogP contribution in [-0.4, -0.2) is 40.8 Å². The molecule has 1 N–H and O–H groups in total. The number of rotatable bonds is 5. The molecule has 7 nitrogen and oxygen atoms in total. The number of fused-ring (bicyclic) bond motifs is 1. The van der Waals surface area contributed by atoms with Crippen molar-refractivity contribution in [1.82, 2.24) is 19.3 Å². The molecule has 0 unspecified atom stereocenters. The van der Waals surface area contributed by atoms with Crippen molar-refractivity contribution in [2.45, 2.75) is 12.8 Å². The van der Waals surface area contributed by atoms with Crippen LogP contribution in [0, 0.1) is 0 Å². The molecule has 0 spiro atoms. The molecule has 3 aromatic heterocycles. The molecule has 8 heteroatoms. The van der Waals surface area contributed by atoms with Crippen LogP contribution in [0.3, 0.4) is 0 Å². The number of anilines is 1.